The van der Waals surface area contributed by atoms with Crippen molar-refractivity contribution in [3.05, 3.63) is 35.4 Å². The van der Waals surface area contributed by atoms with Gasteiger partial charge in [0.25, 0.3) is 0 Å². The molecule has 0 saturated heterocycles. The number of alkyl halides is 1. The summed E-state index contributed by atoms with van der Waals surface area (Å²) in [5.41, 5.74) is 1.98. The normalized spacial score (nSPS) is 26.2. The lowest BCUT2D eigenvalue weighted by Crippen LogP contribution is -2.10. The molecule has 2 heteroatoms. The fraction of sp³-hybridized carbons (Fsp3) is 0.364. The molecule has 13 heavy (non-hydrogen) atoms. The summed E-state index contributed by atoms with van der Waals surface area (Å²) >= 11 is 5.84. The van der Waals surface area contributed by atoms with Gasteiger partial charge in [-0.15, -0.1) is 11.6 Å². The van der Waals surface area contributed by atoms with Gasteiger partial charge in [0.2, 0.25) is 0 Å². The zero-order valence-corrected chi connectivity index (χ0v) is 8.21. The monoisotopic (exact) mass is 194 g/mol. The van der Waals surface area contributed by atoms with Gasteiger partial charge in [-0.2, -0.15) is 0 Å². The van der Waals surface area contributed by atoms with Crippen molar-refractivity contribution in [2.45, 2.75) is 12.8 Å². The molecule has 0 bridgehead atoms. The average Bonchev–Trinajstić information content (AvgIpc) is 2.41. The quantitative estimate of drug-likeness (QED) is 0.629. The Balaban J connectivity index is 2.53. The Morgan fingerprint density at radius 1 is 1.38 bits per heavy atom. The molecule has 68 valence electrons. The minimum Gasteiger partial charge on any atom is -0.294 e. The molecule has 0 saturated carbocycles. The maximum Gasteiger partial charge on any atom is 0.166 e. The van der Waals surface area contributed by atoms with Crippen LogP contribution in [0.1, 0.15) is 28.8 Å². The van der Waals surface area contributed by atoms with Crippen molar-refractivity contribution < 1.29 is 4.79 Å². The van der Waals surface area contributed by atoms with Gasteiger partial charge in [-0.3, -0.25) is 4.79 Å². The molecule has 2 rings (SSSR count). The fourth-order valence-corrected chi connectivity index (χ4v) is 2.39. The van der Waals surface area contributed by atoms with Crippen LogP contribution in [0.3, 0.4) is 0 Å². The molecule has 0 spiro atoms. The SMILES string of the molecule is CC1C(=O)c2ccccc2C1CCl. The summed E-state index contributed by atoms with van der Waals surface area (Å²) in [7, 11) is 0. The third-order valence-corrected chi connectivity index (χ3v) is 3.14. The van der Waals surface area contributed by atoms with Crippen LogP contribution >= 0.6 is 11.6 Å². The van der Waals surface area contributed by atoms with Crippen molar-refractivity contribution in [1.82, 2.24) is 0 Å². The van der Waals surface area contributed by atoms with E-state index in [1.54, 1.807) is 0 Å². The second-order valence-electron chi connectivity index (χ2n) is 3.50. The summed E-state index contributed by atoms with van der Waals surface area (Å²) in [4.78, 5) is 11.7. The number of Topliss-reactive ketones (excluding diaryl/α,β-unsaturated/α-hetero) is 1. The van der Waals surface area contributed by atoms with Crippen LogP contribution in [0.4, 0.5) is 0 Å². The van der Waals surface area contributed by atoms with Gasteiger partial charge < -0.3 is 0 Å². The number of ketones is 1. The van der Waals surface area contributed by atoms with E-state index in [0.29, 0.717) is 5.88 Å². The van der Waals surface area contributed by atoms with E-state index in [0.717, 1.165) is 11.1 Å². The zero-order chi connectivity index (χ0) is 9.42. The third-order valence-electron chi connectivity index (χ3n) is 2.81. The van der Waals surface area contributed by atoms with Gasteiger partial charge in [0, 0.05) is 23.3 Å². The molecule has 0 fully saturated rings. The highest BCUT2D eigenvalue weighted by Gasteiger charge is 2.35. The summed E-state index contributed by atoms with van der Waals surface area (Å²) in [6.07, 6.45) is 0. The highest BCUT2D eigenvalue weighted by atomic mass is 35.5. The topological polar surface area (TPSA) is 17.1 Å². The maximum atomic E-state index is 11.7. The number of rotatable bonds is 1. The van der Waals surface area contributed by atoms with Crippen molar-refractivity contribution in [3.63, 3.8) is 0 Å². The number of hydrogen-bond acceptors (Lipinski definition) is 1. The predicted octanol–water partition coefficient (Wildman–Crippen LogP) is 2.84. The number of benzene rings is 1. The van der Waals surface area contributed by atoms with E-state index in [1.165, 1.54) is 0 Å². The van der Waals surface area contributed by atoms with E-state index < -0.39 is 0 Å². The lowest BCUT2D eigenvalue weighted by molar-refractivity contribution is 0.0937. The minimum absolute atomic E-state index is 0.0508. The van der Waals surface area contributed by atoms with Crippen molar-refractivity contribution >= 4 is 17.4 Å². The first-order valence-electron chi connectivity index (χ1n) is 4.45. The number of carbonyl (C=O) groups is 1. The molecule has 0 heterocycles. The van der Waals surface area contributed by atoms with Crippen LogP contribution < -0.4 is 0 Å². The Morgan fingerprint density at radius 3 is 2.77 bits per heavy atom. The molecular weight excluding hydrogens is 184 g/mol. The third kappa shape index (κ3) is 1.19. The van der Waals surface area contributed by atoms with Crippen LogP contribution in [0.15, 0.2) is 24.3 Å². The number of hydrogen-bond donors (Lipinski definition) is 0. The lowest BCUT2D eigenvalue weighted by atomic mass is 9.96. The molecule has 0 radical (unpaired) electrons. The van der Waals surface area contributed by atoms with Gasteiger partial charge in [-0.1, -0.05) is 31.2 Å². The molecule has 0 amide bonds. The minimum atomic E-state index is 0.0508. The molecular formula is C11H11ClO. The van der Waals surface area contributed by atoms with E-state index in [-0.39, 0.29) is 17.6 Å². The smallest absolute Gasteiger partial charge is 0.166 e. The van der Waals surface area contributed by atoms with E-state index in [2.05, 4.69) is 0 Å². The molecule has 0 aliphatic heterocycles. The second kappa shape index (κ2) is 3.15. The van der Waals surface area contributed by atoms with E-state index in [9.17, 15) is 4.79 Å². The summed E-state index contributed by atoms with van der Waals surface area (Å²) in [5.74, 6) is 1.03. The Morgan fingerprint density at radius 2 is 2.08 bits per heavy atom. The van der Waals surface area contributed by atoms with E-state index in [1.807, 2.05) is 31.2 Å². The van der Waals surface area contributed by atoms with Crippen LogP contribution in [-0.4, -0.2) is 11.7 Å². The zero-order valence-electron chi connectivity index (χ0n) is 7.46. The number of carbonyl (C=O) groups excluding carboxylic acids is 1. The van der Waals surface area contributed by atoms with Gasteiger partial charge >= 0.3 is 0 Å². The Labute approximate surface area is 82.7 Å². The van der Waals surface area contributed by atoms with Gasteiger partial charge in [0.15, 0.2) is 5.78 Å². The van der Waals surface area contributed by atoms with Gasteiger partial charge in [0.05, 0.1) is 0 Å². The highest BCUT2D eigenvalue weighted by Crippen LogP contribution is 2.37. The number of fused-ring (bicyclic) bond motifs is 1. The molecule has 2 atom stereocenters. The first kappa shape index (κ1) is 8.76. The molecule has 0 N–H and O–H groups in total. The summed E-state index contributed by atoms with van der Waals surface area (Å²) in [6.45, 7) is 1.95. The van der Waals surface area contributed by atoms with Crippen molar-refractivity contribution in [1.29, 1.82) is 0 Å². The van der Waals surface area contributed by atoms with Crippen LogP contribution in [-0.2, 0) is 0 Å². The Kier molecular flexibility index (Phi) is 2.12. The van der Waals surface area contributed by atoms with Crippen LogP contribution in [0.5, 0.6) is 0 Å². The molecule has 1 nitrogen and oxygen atoms in total. The van der Waals surface area contributed by atoms with Gasteiger partial charge in [-0.05, 0) is 5.56 Å². The van der Waals surface area contributed by atoms with Crippen LogP contribution in [0.25, 0.3) is 0 Å². The largest absolute Gasteiger partial charge is 0.294 e. The second-order valence-corrected chi connectivity index (χ2v) is 3.81. The fourth-order valence-electron chi connectivity index (χ4n) is 1.96. The molecule has 1 aromatic carbocycles. The Bertz CT molecular complexity index is 346. The molecule has 1 aliphatic rings. The van der Waals surface area contributed by atoms with Crippen molar-refractivity contribution in [2.75, 3.05) is 5.88 Å². The highest BCUT2D eigenvalue weighted by molar-refractivity contribution is 6.19. The summed E-state index contributed by atoms with van der Waals surface area (Å²) in [6, 6.07) is 7.76. The van der Waals surface area contributed by atoms with E-state index >= 15 is 0 Å². The maximum absolute atomic E-state index is 11.7. The standard InChI is InChI=1S/C11H11ClO/c1-7-10(6-12)8-4-2-3-5-9(8)11(7)13/h2-5,7,10H,6H2,1H3. The van der Waals surface area contributed by atoms with Crippen molar-refractivity contribution in [2.24, 2.45) is 5.92 Å². The van der Waals surface area contributed by atoms with Gasteiger partial charge in [0.1, 0.15) is 0 Å². The Hall–Kier alpha value is -0.820. The molecule has 1 aliphatic carbocycles. The van der Waals surface area contributed by atoms with Crippen LogP contribution in [0.2, 0.25) is 0 Å². The predicted molar refractivity (Wildman–Crippen MR) is 53.4 cm³/mol. The van der Waals surface area contributed by atoms with Gasteiger partial charge in [-0.25, -0.2) is 0 Å². The van der Waals surface area contributed by atoms with Crippen molar-refractivity contribution in [3.8, 4) is 0 Å². The summed E-state index contributed by atoms with van der Waals surface area (Å²) in [5, 5.41) is 0. The lowest BCUT2D eigenvalue weighted by Gasteiger charge is -2.10. The molecule has 2 unspecified atom stereocenters. The van der Waals surface area contributed by atoms with E-state index in [4.69, 9.17) is 11.6 Å². The van der Waals surface area contributed by atoms with Crippen LogP contribution in [0, 0.1) is 5.92 Å². The average molecular weight is 195 g/mol. The first-order chi connectivity index (χ1) is 6.25. The molecule has 0 aromatic heterocycles. The molecule has 1 aromatic rings. The first-order valence-corrected chi connectivity index (χ1v) is 4.98. The number of halogens is 1. The summed E-state index contributed by atoms with van der Waals surface area (Å²) < 4.78 is 0.